The van der Waals surface area contributed by atoms with E-state index in [1.54, 1.807) is 27.2 Å². The smallest absolute Gasteiger partial charge is 0.416 e. The van der Waals surface area contributed by atoms with Crippen molar-refractivity contribution in [3.8, 4) is 22.6 Å². The Morgan fingerprint density at radius 2 is 1.11 bits per heavy atom. The number of ether oxygens (including phenoxy) is 2. The van der Waals surface area contributed by atoms with Gasteiger partial charge in [-0.25, -0.2) is 9.13 Å². The molecule has 180 valence electrons. The highest BCUT2D eigenvalue weighted by Crippen LogP contribution is 2.30. The molecule has 2 aromatic heterocycles. The minimum absolute atomic E-state index is 0.365. The van der Waals surface area contributed by atoms with Crippen LogP contribution in [-0.2, 0) is 19.3 Å². The first kappa shape index (κ1) is 24.3. The summed E-state index contributed by atoms with van der Waals surface area (Å²) in [6.45, 7) is 2.71. The molecule has 2 aromatic carbocycles. The van der Waals surface area contributed by atoms with Crippen LogP contribution < -0.4 is 18.6 Å². The van der Waals surface area contributed by atoms with Gasteiger partial charge in [-0.1, -0.05) is 5.56 Å². The number of hydrogen-bond acceptors (Lipinski definition) is 2. The molecule has 0 aliphatic heterocycles. The van der Waals surface area contributed by atoms with E-state index >= 15 is 0 Å². The van der Waals surface area contributed by atoms with Crippen LogP contribution in [0.15, 0.2) is 85.5 Å². The molecule has 0 unspecified atom stereocenters. The second-order valence-electron chi connectivity index (χ2n) is 8.44. The zero-order chi connectivity index (χ0) is 25.0. The van der Waals surface area contributed by atoms with Gasteiger partial charge >= 0.3 is 6.18 Å². The van der Waals surface area contributed by atoms with E-state index in [2.05, 4.69) is 4.57 Å². The van der Waals surface area contributed by atoms with E-state index in [4.69, 9.17) is 9.47 Å². The molecule has 0 N–H and O–H groups in total. The summed E-state index contributed by atoms with van der Waals surface area (Å²) in [5.41, 5.74) is 3.73. The number of benzene rings is 2. The third-order valence-corrected chi connectivity index (χ3v) is 5.72. The number of aryl methyl sites for hydroxylation is 1. The molecule has 4 rings (SSSR count). The fourth-order valence-corrected chi connectivity index (χ4v) is 4.01. The normalized spacial score (nSPS) is 11.4. The lowest BCUT2D eigenvalue weighted by Crippen LogP contribution is -2.33. The Morgan fingerprint density at radius 3 is 1.54 bits per heavy atom. The molecule has 0 spiro atoms. The molecule has 0 bridgehead atoms. The van der Waals surface area contributed by atoms with Crippen molar-refractivity contribution in [2.45, 2.75) is 26.2 Å². The number of nitrogens with zero attached hydrogens (tertiary/aromatic N) is 2. The van der Waals surface area contributed by atoms with Crippen molar-refractivity contribution in [2.75, 3.05) is 14.2 Å². The van der Waals surface area contributed by atoms with Crippen LogP contribution in [0.5, 0.6) is 11.5 Å². The van der Waals surface area contributed by atoms with Gasteiger partial charge in [0, 0.05) is 41.5 Å². The summed E-state index contributed by atoms with van der Waals surface area (Å²) in [6.07, 6.45) is 3.43. The summed E-state index contributed by atoms with van der Waals surface area (Å²) in [7, 11) is 3.26. The molecule has 4 nitrogen and oxygen atoms in total. The first-order chi connectivity index (χ1) is 16.7. The molecule has 0 saturated carbocycles. The first-order valence-corrected chi connectivity index (χ1v) is 11.1. The topological polar surface area (TPSA) is 26.2 Å². The molecule has 0 aliphatic carbocycles. The minimum atomic E-state index is -4.35. The van der Waals surface area contributed by atoms with E-state index in [-0.39, 0.29) is 0 Å². The van der Waals surface area contributed by atoms with E-state index in [9.17, 15) is 13.2 Å². The monoisotopic (exact) mass is 480 g/mol. The first-order valence-electron chi connectivity index (χ1n) is 11.1. The summed E-state index contributed by atoms with van der Waals surface area (Å²) >= 11 is 0. The van der Waals surface area contributed by atoms with Crippen molar-refractivity contribution >= 4 is 0 Å². The summed E-state index contributed by atoms with van der Waals surface area (Å²) in [4.78, 5) is 0. The second-order valence-corrected chi connectivity index (χ2v) is 8.44. The lowest BCUT2D eigenvalue weighted by Gasteiger charge is -2.09. The lowest BCUT2D eigenvalue weighted by atomic mass is 10.1. The van der Waals surface area contributed by atoms with Crippen LogP contribution in [0.4, 0.5) is 13.2 Å². The third kappa shape index (κ3) is 6.18. The van der Waals surface area contributed by atoms with Crippen molar-refractivity contribution in [2.24, 2.45) is 0 Å². The van der Waals surface area contributed by atoms with Gasteiger partial charge < -0.3 is 9.47 Å². The molecule has 0 aliphatic rings. The average molecular weight is 481 g/mol. The Morgan fingerprint density at radius 1 is 0.657 bits per heavy atom. The van der Waals surface area contributed by atoms with Crippen molar-refractivity contribution < 1.29 is 31.8 Å². The van der Waals surface area contributed by atoms with Crippen molar-refractivity contribution in [1.29, 1.82) is 0 Å². The summed E-state index contributed by atoms with van der Waals surface area (Å²) < 4.78 is 54.0. The number of hydrogen-bond donors (Lipinski definition) is 0. The Hall–Kier alpha value is -3.87. The number of aromatic nitrogens is 2. The highest BCUT2D eigenvalue weighted by Gasteiger charge is 2.31. The van der Waals surface area contributed by atoms with Gasteiger partial charge in [0.05, 0.1) is 19.8 Å². The van der Waals surface area contributed by atoms with Crippen molar-refractivity contribution in [3.63, 3.8) is 0 Å². The molecular formula is C28H27F3N2O2+2. The average Bonchev–Trinajstić information content (AvgIpc) is 2.84. The molecule has 0 radical (unpaired) electrons. The van der Waals surface area contributed by atoms with Gasteiger partial charge in [0.1, 0.15) is 11.5 Å². The van der Waals surface area contributed by atoms with E-state index in [1.165, 1.54) is 12.1 Å². The van der Waals surface area contributed by atoms with Crippen LogP contribution in [0.3, 0.4) is 0 Å². The largest absolute Gasteiger partial charge is 0.497 e. The maximum atomic E-state index is 13.1. The van der Waals surface area contributed by atoms with Crippen molar-refractivity contribution in [1.82, 2.24) is 0 Å². The van der Waals surface area contributed by atoms with Crippen molar-refractivity contribution in [3.05, 3.63) is 108 Å². The number of pyridine rings is 2. The van der Waals surface area contributed by atoms with Crippen LogP contribution in [-0.4, -0.2) is 14.2 Å². The standard InChI is InChI=1S/C28H27F3N2O2/c1-20-12-21(14-25(13-20)28(29,30)31)18-32-8-4-23(5-9-32)24-6-10-33(11-7-24)19-22-15-26(34-2)17-27(16-22)35-3/h4-17H,18-19H2,1-3H3/q+2. The molecule has 4 aromatic rings. The summed E-state index contributed by atoms with van der Waals surface area (Å²) in [6, 6.07) is 18.0. The molecule has 0 amide bonds. The van der Waals surface area contributed by atoms with Gasteiger partial charge in [0.15, 0.2) is 37.9 Å². The lowest BCUT2D eigenvalue weighted by molar-refractivity contribution is -0.688. The highest BCUT2D eigenvalue weighted by molar-refractivity contribution is 5.61. The second kappa shape index (κ2) is 10.2. The fourth-order valence-electron chi connectivity index (χ4n) is 4.01. The Labute approximate surface area is 202 Å². The predicted molar refractivity (Wildman–Crippen MR) is 126 cm³/mol. The van der Waals surface area contributed by atoms with Gasteiger partial charge in [-0.15, -0.1) is 0 Å². The molecule has 7 heteroatoms. The Kier molecular flexibility index (Phi) is 7.05. The minimum Gasteiger partial charge on any atom is -0.497 e. The molecule has 0 saturated heterocycles. The number of alkyl halides is 3. The van der Waals surface area contributed by atoms with E-state index in [0.29, 0.717) is 24.2 Å². The highest BCUT2D eigenvalue weighted by atomic mass is 19.4. The fraction of sp³-hybridized carbons (Fsp3) is 0.214. The summed E-state index contributed by atoms with van der Waals surface area (Å²) in [5.74, 6) is 1.49. The van der Waals surface area contributed by atoms with Gasteiger partial charge in [-0.2, -0.15) is 13.2 Å². The van der Waals surface area contributed by atoms with Gasteiger partial charge in [0.2, 0.25) is 0 Å². The van der Waals surface area contributed by atoms with Crippen LogP contribution in [0.2, 0.25) is 0 Å². The van der Waals surface area contributed by atoms with Crippen LogP contribution in [0.25, 0.3) is 11.1 Å². The predicted octanol–water partition coefficient (Wildman–Crippen LogP) is 5.37. The number of rotatable bonds is 7. The number of halogens is 3. The molecule has 0 atom stereocenters. The van der Waals surface area contributed by atoms with Crippen LogP contribution >= 0.6 is 0 Å². The quantitative estimate of drug-likeness (QED) is 0.333. The third-order valence-electron chi connectivity index (χ3n) is 5.72. The summed E-state index contributed by atoms with van der Waals surface area (Å²) in [5, 5.41) is 0. The van der Waals surface area contributed by atoms with E-state index in [1.807, 2.05) is 71.8 Å². The number of methoxy groups -OCH3 is 2. The molecule has 35 heavy (non-hydrogen) atoms. The maximum Gasteiger partial charge on any atom is 0.416 e. The van der Waals surface area contributed by atoms with Gasteiger partial charge in [-0.3, -0.25) is 0 Å². The van der Waals surface area contributed by atoms with E-state index in [0.717, 1.165) is 28.2 Å². The van der Waals surface area contributed by atoms with E-state index < -0.39 is 11.7 Å². The maximum absolute atomic E-state index is 13.1. The SMILES string of the molecule is COc1cc(C[n+]2ccc(-c3cc[n+](Cc4cc(C)cc(C(F)(F)F)c4)cc3)cc2)cc(OC)c1. The molecule has 2 heterocycles. The van der Waals surface area contributed by atoms with Crippen LogP contribution in [0.1, 0.15) is 22.3 Å². The Bertz CT molecular complexity index is 1280. The molecule has 0 fully saturated rings. The van der Waals surface area contributed by atoms with Gasteiger partial charge in [-0.05, 0) is 48.4 Å². The van der Waals surface area contributed by atoms with Gasteiger partial charge in [0.25, 0.3) is 0 Å². The van der Waals surface area contributed by atoms with Crippen LogP contribution in [0, 0.1) is 6.92 Å². The zero-order valence-electron chi connectivity index (χ0n) is 19.8. The Balaban J connectivity index is 1.46. The zero-order valence-corrected chi connectivity index (χ0v) is 19.8. The molecular weight excluding hydrogens is 453 g/mol.